The maximum Gasteiger partial charge on any atom is 0.350 e. The van der Waals surface area contributed by atoms with E-state index in [4.69, 9.17) is 9.47 Å². The largest absolute Gasteiger partial charge is 0.487 e. The Morgan fingerprint density at radius 1 is 1.25 bits per heavy atom. The van der Waals surface area contributed by atoms with Crippen LogP contribution in [0.4, 0.5) is 4.39 Å². The van der Waals surface area contributed by atoms with E-state index in [2.05, 4.69) is 4.98 Å². The molecule has 0 bridgehead atoms. The molecule has 24 heavy (non-hydrogen) atoms. The van der Waals surface area contributed by atoms with Crippen LogP contribution in [0.2, 0.25) is 0 Å². The number of carbonyl (C=O) groups excluding carboxylic acids is 1. The van der Waals surface area contributed by atoms with E-state index in [-0.39, 0.29) is 19.0 Å². The Labute approximate surface area is 146 Å². The Bertz CT molecular complexity index is 830. The highest BCUT2D eigenvalue weighted by molar-refractivity contribution is 7.17. The molecule has 0 atom stereocenters. The summed E-state index contributed by atoms with van der Waals surface area (Å²) in [6, 6.07) is 8.06. The van der Waals surface area contributed by atoms with Crippen LogP contribution in [-0.2, 0) is 4.74 Å². The first-order valence-corrected chi connectivity index (χ1v) is 8.95. The number of rotatable bonds is 6. The van der Waals surface area contributed by atoms with Crippen LogP contribution in [-0.4, -0.2) is 24.2 Å². The van der Waals surface area contributed by atoms with Gasteiger partial charge in [0.25, 0.3) is 0 Å². The average molecular weight is 363 g/mol. The van der Waals surface area contributed by atoms with Crippen LogP contribution < -0.4 is 4.74 Å². The Balaban J connectivity index is 1.55. The first-order chi connectivity index (χ1) is 11.6. The number of thiazole rings is 1. The molecule has 124 valence electrons. The van der Waals surface area contributed by atoms with Crippen LogP contribution in [0.3, 0.4) is 0 Å². The van der Waals surface area contributed by atoms with Crippen LogP contribution in [0.1, 0.15) is 15.4 Å². The second-order valence-corrected chi connectivity index (χ2v) is 6.64. The molecule has 7 heteroatoms. The lowest BCUT2D eigenvalue weighted by molar-refractivity contribution is 0.0453. The summed E-state index contributed by atoms with van der Waals surface area (Å²) in [5.74, 6) is -0.742. The van der Waals surface area contributed by atoms with Gasteiger partial charge in [0.05, 0.1) is 5.69 Å². The number of para-hydroxylation sites is 1. The van der Waals surface area contributed by atoms with E-state index in [0.29, 0.717) is 10.6 Å². The lowest BCUT2D eigenvalue weighted by Crippen LogP contribution is -2.12. The zero-order chi connectivity index (χ0) is 16.9. The van der Waals surface area contributed by atoms with Crippen LogP contribution in [0.25, 0.3) is 10.6 Å². The summed E-state index contributed by atoms with van der Waals surface area (Å²) in [5, 5.41) is 4.74. The maximum atomic E-state index is 13.4. The Hall–Kier alpha value is -2.25. The minimum absolute atomic E-state index is 0.0400. The summed E-state index contributed by atoms with van der Waals surface area (Å²) in [5.41, 5.74) is 1.64. The molecule has 0 spiro atoms. The molecule has 0 amide bonds. The molecular weight excluding hydrogens is 349 g/mol. The minimum Gasteiger partial charge on any atom is -0.487 e. The number of thiophene rings is 1. The van der Waals surface area contributed by atoms with E-state index in [1.165, 1.54) is 23.5 Å². The number of ether oxygens (including phenoxy) is 2. The van der Waals surface area contributed by atoms with Crippen molar-refractivity contribution < 1.29 is 18.7 Å². The molecule has 2 aromatic heterocycles. The quantitative estimate of drug-likeness (QED) is 0.476. The first-order valence-electron chi connectivity index (χ1n) is 7.19. The third-order valence-corrected chi connectivity index (χ3v) is 5.03. The smallest absolute Gasteiger partial charge is 0.350 e. The molecule has 0 saturated heterocycles. The molecule has 2 heterocycles. The highest BCUT2D eigenvalue weighted by atomic mass is 32.1. The lowest BCUT2D eigenvalue weighted by atomic mass is 10.3. The number of hydrogen-bond acceptors (Lipinski definition) is 6. The average Bonchev–Trinajstić information content (AvgIpc) is 3.22. The van der Waals surface area contributed by atoms with Gasteiger partial charge in [-0.15, -0.1) is 11.3 Å². The fraction of sp³-hybridized carbons (Fsp3) is 0.176. The normalized spacial score (nSPS) is 10.6. The van der Waals surface area contributed by atoms with E-state index in [1.54, 1.807) is 30.4 Å². The molecule has 0 aliphatic carbocycles. The molecule has 0 fully saturated rings. The highest BCUT2D eigenvalue weighted by Gasteiger charge is 2.17. The SMILES string of the molecule is Cc1nc(-c2ccsc2)sc1C(=O)OCCOc1ccccc1F. The summed E-state index contributed by atoms with van der Waals surface area (Å²) < 4.78 is 23.8. The Morgan fingerprint density at radius 2 is 2.08 bits per heavy atom. The van der Waals surface area contributed by atoms with Crippen LogP contribution in [0.5, 0.6) is 5.75 Å². The monoisotopic (exact) mass is 363 g/mol. The van der Waals surface area contributed by atoms with E-state index in [0.717, 1.165) is 10.6 Å². The zero-order valence-electron chi connectivity index (χ0n) is 12.8. The van der Waals surface area contributed by atoms with E-state index >= 15 is 0 Å². The molecule has 0 saturated carbocycles. The summed E-state index contributed by atoms with van der Waals surface area (Å²) in [6.45, 7) is 1.90. The highest BCUT2D eigenvalue weighted by Crippen LogP contribution is 2.29. The predicted octanol–water partition coefficient (Wildman–Crippen LogP) is 4.55. The van der Waals surface area contributed by atoms with Gasteiger partial charge in [0.15, 0.2) is 11.6 Å². The lowest BCUT2D eigenvalue weighted by Gasteiger charge is -2.07. The number of nitrogens with zero attached hydrogens (tertiary/aromatic N) is 1. The number of carbonyl (C=O) groups is 1. The second kappa shape index (κ2) is 7.55. The zero-order valence-corrected chi connectivity index (χ0v) is 14.5. The van der Waals surface area contributed by atoms with Crippen LogP contribution in [0, 0.1) is 12.7 Å². The van der Waals surface area contributed by atoms with Crippen molar-refractivity contribution in [2.24, 2.45) is 0 Å². The molecule has 0 aliphatic heterocycles. The van der Waals surface area contributed by atoms with Gasteiger partial charge in [-0.1, -0.05) is 12.1 Å². The second-order valence-electron chi connectivity index (χ2n) is 4.86. The first kappa shape index (κ1) is 16.6. The Morgan fingerprint density at radius 3 is 2.83 bits per heavy atom. The molecular formula is C17H14FNO3S2. The molecule has 0 N–H and O–H groups in total. The van der Waals surface area contributed by atoms with E-state index in [9.17, 15) is 9.18 Å². The van der Waals surface area contributed by atoms with Gasteiger partial charge in [0, 0.05) is 10.9 Å². The van der Waals surface area contributed by atoms with Gasteiger partial charge in [0.1, 0.15) is 23.1 Å². The van der Waals surface area contributed by atoms with Gasteiger partial charge < -0.3 is 9.47 Å². The van der Waals surface area contributed by atoms with Crippen LogP contribution in [0.15, 0.2) is 41.1 Å². The van der Waals surface area contributed by atoms with Crippen molar-refractivity contribution >= 4 is 28.6 Å². The van der Waals surface area contributed by atoms with Gasteiger partial charge in [-0.3, -0.25) is 0 Å². The van der Waals surface area contributed by atoms with E-state index in [1.807, 2.05) is 16.8 Å². The van der Waals surface area contributed by atoms with Gasteiger partial charge in [-0.2, -0.15) is 11.3 Å². The minimum atomic E-state index is -0.442. The molecule has 3 rings (SSSR count). The van der Waals surface area contributed by atoms with Crippen molar-refractivity contribution in [1.29, 1.82) is 0 Å². The van der Waals surface area contributed by atoms with Gasteiger partial charge >= 0.3 is 5.97 Å². The standard InChI is InChI=1S/C17H14FNO3S2/c1-11-15(24-16(19-11)12-6-9-23-10-12)17(20)22-8-7-21-14-5-3-2-4-13(14)18/h2-6,9-10H,7-8H2,1H3. The van der Waals surface area contributed by atoms with Crippen LogP contribution >= 0.6 is 22.7 Å². The van der Waals surface area contributed by atoms with Crippen molar-refractivity contribution in [3.8, 4) is 16.3 Å². The van der Waals surface area contributed by atoms with E-state index < -0.39 is 11.8 Å². The molecule has 1 aromatic carbocycles. The fourth-order valence-corrected chi connectivity index (χ4v) is 3.68. The van der Waals surface area contributed by atoms with Gasteiger partial charge in [-0.25, -0.2) is 14.2 Å². The predicted molar refractivity (Wildman–Crippen MR) is 92.3 cm³/mol. The summed E-state index contributed by atoms with van der Waals surface area (Å²) in [4.78, 5) is 17.0. The van der Waals surface area contributed by atoms with Crippen molar-refractivity contribution in [2.45, 2.75) is 6.92 Å². The number of halogens is 1. The number of esters is 1. The van der Waals surface area contributed by atoms with Gasteiger partial charge in [-0.05, 0) is 30.5 Å². The number of hydrogen-bond donors (Lipinski definition) is 0. The molecule has 4 nitrogen and oxygen atoms in total. The molecule has 3 aromatic rings. The van der Waals surface area contributed by atoms with Crippen molar-refractivity contribution in [2.75, 3.05) is 13.2 Å². The van der Waals surface area contributed by atoms with Gasteiger partial charge in [0.2, 0.25) is 0 Å². The number of benzene rings is 1. The third kappa shape index (κ3) is 3.80. The van der Waals surface area contributed by atoms with Crippen molar-refractivity contribution in [1.82, 2.24) is 4.98 Å². The van der Waals surface area contributed by atoms with Crippen molar-refractivity contribution in [3.63, 3.8) is 0 Å². The third-order valence-electron chi connectivity index (χ3n) is 3.16. The number of aromatic nitrogens is 1. The number of aryl methyl sites for hydroxylation is 1. The summed E-state index contributed by atoms with van der Waals surface area (Å²) in [7, 11) is 0. The van der Waals surface area contributed by atoms with Crippen molar-refractivity contribution in [3.05, 3.63) is 57.5 Å². The molecule has 0 unspecified atom stereocenters. The molecule has 0 radical (unpaired) electrons. The maximum absolute atomic E-state index is 13.4. The fourth-order valence-electron chi connectivity index (χ4n) is 2.01. The topological polar surface area (TPSA) is 48.4 Å². The molecule has 0 aliphatic rings. The summed E-state index contributed by atoms with van der Waals surface area (Å²) in [6.07, 6.45) is 0. The summed E-state index contributed by atoms with van der Waals surface area (Å²) >= 11 is 2.88. The Kier molecular flexibility index (Phi) is 5.22.